The van der Waals surface area contributed by atoms with Crippen LogP contribution in [0.3, 0.4) is 0 Å². The number of nitrogens with one attached hydrogen (secondary N) is 1. The molecule has 0 aromatic carbocycles. The van der Waals surface area contributed by atoms with Gasteiger partial charge in [-0.2, -0.15) is 4.31 Å². The van der Waals surface area contributed by atoms with Gasteiger partial charge in [-0.25, -0.2) is 8.42 Å². The Morgan fingerprint density at radius 2 is 1.81 bits per heavy atom. The number of hydrogen-bond donors (Lipinski definition) is 1. The maximum Gasteiger partial charge on any atom is 0.305 e. The van der Waals surface area contributed by atoms with E-state index < -0.39 is 16.0 Å². The quantitative estimate of drug-likeness (QED) is 0.582. The molecule has 0 aliphatic carbocycles. The highest BCUT2D eigenvalue weighted by molar-refractivity contribution is 7.89. The zero-order valence-electron chi connectivity index (χ0n) is 12.5. The average Bonchev–Trinajstić information content (AvgIpc) is 2.47. The first kappa shape index (κ1) is 17.9. The van der Waals surface area contributed by atoms with E-state index in [1.165, 1.54) is 11.4 Å². The van der Waals surface area contributed by atoms with Crippen molar-refractivity contribution in [2.75, 3.05) is 52.6 Å². The van der Waals surface area contributed by atoms with E-state index in [9.17, 15) is 18.0 Å². The summed E-state index contributed by atoms with van der Waals surface area (Å²) in [5.74, 6) is -0.539. The van der Waals surface area contributed by atoms with E-state index in [-0.39, 0.29) is 31.0 Å². The van der Waals surface area contributed by atoms with Crippen LogP contribution in [0.1, 0.15) is 12.8 Å². The number of piperazine rings is 1. The number of carbonyl (C=O) groups excluding carboxylic acids is 2. The minimum atomic E-state index is -3.35. The third-order valence-corrected chi connectivity index (χ3v) is 5.34. The smallest absolute Gasteiger partial charge is 0.305 e. The van der Waals surface area contributed by atoms with Gasteiger partial charge < -0.3 is 10.1 Å². The van der Waals surface area contributed by atoms with Gasteiger partial charge in [0.05, 0.1) is 19.4 Å². The van der Waals surface area contributed by atoms with E-state index in [0.717, 1.165) is 0 Å². The molecule has 122 valence electrons. The molecule has 9 heteroatoms. The molecule has 8 nitrogen and oxygen atoms in total. The number of carbonyl (C=O) groups is 2. The maximum absolute atomic E-state index is 12.1. The summed E-state index contributed by atoms with van der Waals surface area (Å²) in [6, 6.07) is 0. The molecule has 1 fully saturated rings. The van der Waals surface area contributed by atoms with Crippen molar-refractivity contribution in [2.24, 2.45) is 0 Å². The van der Waals surface area contributed by atoms with Crippen molar-refractivity contribution < 1.29 is 22.7 Å². The van der Waals surface area contributed by atoms with Gasteiger partial charge in [0.1, 0.15) is 0 Å². The normalized spacial score (nSPS) is 17.4. The summed E-state index contributed by atoms with van der Waals surface area (Å²) in [4.78, 5) is 24.2. The van der Waals surface area contributed by atoms with E-state index in [0.29, 0.717) is 26.2 Å². The number of rotatable bonds is 7. The van der Waals surface area contributed by atoms with Crippen molar-refractivity contribution in [1.29, 1.82) is 0 Å². The van der Waals surface area contributed by atoms with Crippen LogP contribution < -0.4 is 5.32 Å². The predicted molar refractivity (Wildman–Crippen MR) is 77.1 cm³/mol. The van der Waals surface area contributed by atoms with E-state index in [1.807, 2.05) is 4.90 Å². The number of methoxy groups -OCH3 is 1. The second-order valence-corrected chi connectivity index (χ2v) is 6.93. The Balaban J connectivity index is 2.38. The first-order valence-corrected chi connectivity index (χ1v) is 8.47. The van der Waals surface area contributed by atoms with Gasteiger partial charge in [0.15, 0.2) is 0 Å². The highest BCUT2D eigenvalue weighted by Crippen LogP contribution is 2.10. The van der Waals surface area contributed by atoms with Crippen LogP contribution >= 0.6 is 0 Å². The van der Waals surface area contributed by atoms with Crippen molar-refractivity contribution in [1.82, 2.24) is 14.5 Å². The maximum atomic E-state index is 12.1. The van der Waals surface area contributed by atoms with Crippen molar-refractivity contribution in [3.05, 3.63) is 0 Å². The summed E-state index contributed by atoms with van der Waals surface area (Å²) in [6.45, 7) is 2.09. The zero-order valence-corrected chi connectivity index (χ0v) is 13.3. The molecule has 1 aliphatic heterocycles. The number of sulfonamides is 1. The fourth-order valence-corrected chi connectivity index (χ4v) is 3.56. The van der Waals surface area contributed by atoms with Gasteiger partial charge in [0.25, 0.3) is 0 Å². The van der Waals surface area contributed by atoms with Crippen LogP contribution in [0.4, 0.5) is 0 Å². The lowest BCUT2D eigenvalue weighted by atomic mass is 10.3. The molecule has 21 heavy (non-hydrogen) atoms. The van der Waals surface area contributed by atoms with Crippen LogP contribution in [-0.4, -0.2) is 82.1 Å². The monoisotopic (exact) mass is 321 g/mol. The van der Waals surface area contributed by atoms with Crippen molar-refractivity contribution in [3.8, 4) is 0 Å². The first-order chi connectivity index (χ1) is 9.89. The lowest BCUT2D eigenvalue weighted by Crippen LogP contribution is -2.51. The minimum absolute atomic E-state index is 0.0580. The van der Waals surface area contributed by atoms with Crippen LogP contribution in [0.15, 0.2) is 0 Å². The molecule has 0 unspecified atom stereocenters. The molecule has 1 amide bonds. The lowest BCUT2D eigenvalue weighted by Gasteiger charge is -2.33. The molecule has 0 spiro atoms. The standard InChI is InChI=1S/C12H23N3O5S/c1-13-11(16)10-14-5-7-15(8-6-14)21(18,19)9-3-4-12(17)20-2/h3-10H2,1-2H3,(H,13,16). The van der Waals surface area contributed by atoms with Crippen LogP contribution in [0, 0.1) is 0 Å². The number of ether oxygens (including phenoxy) is 1. The molecule has 0 atom stereocenters. The Kier molecular flexibility index (Phi) is 7.06. The molecule has 1 aliphatic rings. The molecule has 0 saturated carbocycles. The number of likely N-dealkylation sites (N-methyl/N-ethyl adjacent to an activating group) is 1. The summed E-state index contributed by atoms with van der Waals surface area (Å²) >= 11 is 0. The molecule has 1 N–H and O–H groups in total. The Morgan fingerprint density at radius 3 is 2.33 bits per heavy atom. The molecule has 1 rings (SSSR count). The van der Waals surface area contributed by atoms with Crippen LogP contribution in [0.25, 0.3) is 0 Å². The zero-order chi connectivity index (χ0) is 15.9. The number of nitrogens with zero attached hydrogens (tertiary/aromatic N) is 2. The third-order valence-electron chi connectivity index (χ3n) is 3.38. The molecule has 0 aromatic heterocycles. The van der Waals surface area contributed by atoms with Gasteiger partial charge in [-0.1, -0.05) is 0 Å². The van der Waals surface area contributed by atoms with Gasteiger partial charge in [-0.05, 0) is 6.42 Å². The fourth-order valence-electron chi connectivity index (χ4n) is 2.08. The highest BCUT2D eigenvalue weighted by Gasteiger charge is 2.27. The molecular weight excluding hydrogens is 298 g/mol. The topological polar surface area (TPSA) is 96.0 Å². The van der Waals surface area contributed by atoms with E-state index in [1.54, 1.807) is 7.05 Å². The summed E-state index contributed by atoms with van der Waals surface area (Å²) < 4.78 is 30.1. The lowest BCUT2D eigenvalue weighted by molar-refractivity contribution is -0.140. The average molecular weight is 321 g/mol. The van der Waals surface area contributed by atoms with Gasteiger partial charge in [-0.3, -0.25) is 14.5 Å². The largest absolute Gasteiger partial charge is 0.469 e. The first-order valence-electron chi connectivity index (χ1n) is 6.86. The van der Waals surface area contributed by atoms with Crippen molar-refractivity contribution >= 4 is 21.9 Å². The second kappa shape index (κ2) is 8.30. The second-order valence-electron chi connectivity index (χ2n) is 4.84. The Hall–Kier alpha value is -1.19. The SMILES string of the molecule is CNC(=O)CN1CCN(S(=O)(=O)CCCC(=O)OC)CC1. The molecule has 1 heterocycles. The van der Waals surface area contributed by atoms with E-state index >= 15 is 0 Å². The Morgan fingerprint density at radius 1 is 1.19 bits per heavy atom. The summed E-state index contributed by atoms with van der Waals surface area (Å²) in [5.41, 5.74) is 0. The van der Waals surface area contributed by atoms with Crippen molar-refractivity contribution in [3.63, 3.8) is 0 Å². The van der Waals surface area contributed by atoms with Crippen LogP contribution in [0.2, 0.25) is 0 Å². The van der Waals surface area contributed by atoms with Crippen LogP contribution in [-0.2, 0) is 24.3 Å². The van der Waals surface area contributed by atoms with Crippen molar-refractivity contribution in [2.45, 2.75) is 12.8 Å². The summed E-state index contributed by atoms with van der Waals surface area (Å²) in [6.07, 6.45) is 0.361. The number of amides is 1. The van der Waals surface area contributed by atoms with E-state index in [2.05, 4.69) is 10.1 Å². The van der Waals surface area contributed by atoms with E-state index in [4.69, 9.17) is 0 Å². The molecule has 0 radical (unpaired) electrons. The summed E-state index contributed by atoms with van der Waals surface area (Å²) in [7, 11) is -0.492. The predicted octanol–water partition coefficient (Wildman–Crippen LogP) is -1.37. The number of esters is 1. The number of hydrogen-bond acceptors (Lipinski definition) is 6. The molecular formula is C12H23N3O5S. The Bertz CT molecular complexity index is 458. The minimum Gasteiger partial charge on any atom is -0.469 e. The van der Waals surface area contributed by atoms with Crippen LogP contribution in [0.5, 0.6) is 0 Å². The van der Waals surface area contributed by atoms with Gasteiger partial charge >= 0.3 is 5.97 Å². The van der Waals surface area contributed by atoms with Gasteiger partial charge in [0, 0.05) is 39.6 Å². The molecule has 1 saturated heterocycles. The molecule has 0 aromatic rings. The van der Waals surface area contributed by atoms with Gasteiger partial charge in [0.2, 0.25) is 15.9 Å². The summed E-state index contributed by atoms with van der Waals surface area (Å²) in [5, 5.41) is 2.54. The van der Waals surface area contributed by atoms with Gasteiger partial charge in [-0.15, -0.1) is 0 Å². The Labute approximate surface area is 125 Å². The highest BCUT2D eigenvalue weighted by atomic mass is 32.2. The third kappa shape index (κ3) is 5.98. The fraction of sp³-hybridized carbons (Fsp3) is 0.833. The molecule has 0 bridgehead atoms.